The molecule has 1 aliphatic heterocycles. The first-order valence-corrected chi connectivity index (χ1v) is 12.3. The van der Waals surface area contributed by atoms with Crippen molar-refractivity contribution in [2.45, 2.75) is 39.3 Å². The van der Waals surface area contributed by atoms with Gasteiger partial charge in [-0.2, -0.15) is 5.09 Å². The van der Waals surface area contributed by atoms with Gasteiger partial charge in [-0.15, -0.1) is 0 Å². The van der Waals surface area contributed by atoms with E-state index in [-0.39, 0.29) is 25.6 Å². The number of carbonyl (C=O) groups excluding carboxylic acids is 1. The van der Waals surface area contributed by atoms with Gasteiger partial charge in [0, 0.05) is 16.8 Å². The number of halogens is 1. The first-order valence-electron chi connectivity index (χ1n) is 10.3. The Kier molecular flexibility index (Phi) is 8.69. The highest BCUT2D eigenvalue weighted by atomic mass is 35.5. The number of nitrogens with zero attached hydrogens (tertiary/aromatic N) is 1. The fourth-order valence-corrected chi connectivity index (χ4v) is 4.52. The molecular weight excluding hydrogens is 493 g/mol. The third kappa shape index (κ3) is 6.78. The quantitative estimate of drug-likeness (QED) is 0.354. The van der Waals surface area contributed by atoms with Gasteiger partial charge in [0.1, 0.15) is 18.4 Å². The van der Waals surface area contributed by atoms with Crippen LogP contribution in [-0.4, -0.2) is 47.7 Å². The van der Waals surface area contributed by atoms with Crippen molar-refractivity contribution in [3.8, 4) is 5.75 Å². The zero-order chi connectivity index (χ0) is 24.9. The molecule has 34 heavy (non-hydrogen) atoms. The minimum absolute atomic E-state index is 0.0194. The van der Waals surface area contributed by atoms with E-state index in [0.717, 1.165) is 0 Å². The number of ether oxygens (including phenoxy) is 3. The van der Waals surface area contributed by atoms with Gasteiger partial charge in [0.25, 0.3) is 5.56 Å². The summed E-state index contributed by atoms with van der Waals surface area (Å²) in [6.45, 7) is 4.40. The standard InChI is InChI=1S/C20H25ClN3O9P/c1-4-29-19(26)13(3)23-34(28,33-15-7-5-14(21)6-8-15)31-11-17-30-10-16(32-17)24-9-12(2)18(25)22-20(24)27/h5-9,13,16-17H,4,10-11H2,1-3H3,(H,23,28)(H,22,25,27)/t13-,16+,17+,34?/m0/s1. The van der Waals surface area contributed by atoms with E-state index in [1.54, 1.807) is 13.8 Å². The molecule has 2 N–H and O–H groups in total. The summed E-state index contributed by atoms with van der Waals surface area (Å²) in [6.07, 6.45) is -0.485. The number of rotatable bonds is 10. The maximum absolute atomic E-state index is 13.4. The van der Waals surface area contributed by atoms with Gasteiger partial charge < -0.3 is 18.7 Å². The number of H-pyrrole nitrogens is 1. The van der Waals surface area contributed by atoms with Crippen LogP contribution in [0.25, 0.3) is 0 Å². The monoisotopic (exact) mass is 517 g/mol. The zero-order valence-electron chi connectivity index (χ0n) is 18.7. The molecule has 186 valence electrons. The molecule has 2 heterocycles. The van der Waals surface area contributed by atoms with Crippen LogP contribution >= 0.6 is 19.3 Å². The molecule has 1 aliphatic rings. The third-order valence-corrected chi connectivity index (χ3v) is 6.50. The van der Waals surface area contributed by atoms with Crippen LogP contribution in [0.4, 0.5) is 0 Å². The van der Waals surface area contributed by atoms with Crippen molar-refractivity contribution >= 4 is 25.3 Å². The predicted octanol–water partition coefficient (Wildman–Crippen LogP) is 2.11. The van der Waals surface area contributed by atoms with Crippen LogP contribution in [-0.2, 0) is 28.1 Å². The van der Waals surface area contributed by atoms with Crippen molar-refractivity contribution in [2.24, 2.45) is 0 Å². The second-order valence-corrected chi connectivity index (χ2v) is 9.40. The van der Waals surface area contributed by atoms with Crippen molar-refractivity contribution in [1.29, 1.82) is 0 Å². The van der Waals surface area contributed by atoms with Crippen molar-refractivity contribution in [3.63, 3.8) is 0 Å². The number of esters is 1. The number of hydrogen-bond donors (Lipinski definition) is 2. The van der Waals surface area contributed by atoms with Gasteiger partial charge in [0.15, 0.2) is 12.5 Å². The van der Waals surface area contributed by atoms with Crippen molar-refractivity contribution in [2.75, 3.05) is 19.8 Å². The third-order valence-electron chi connectivity index (χ3n) is 4.60. The highest BCUT2D eigenvalue weighted by Gasteiger charge is 2.36. The van der Waals surface area contributed by atoms with E-state index in [0.29, 0.717) is 10.6 Å². The van der Waals surface area contributed by atoms with Gasteiger partial charge >= 0.3 is 19.4 Å². The molecule has 0 radical (unpaired) electrons. The molecule has 14 heteroatoms. The van der Waals surface area contributed by atoms with E-state index in [1.165, 1.54) is 42.0 Å². The number of hydrogen-bond acceptors (Lipinski definition) is 9. The van der Waals surface area contributed by atoms with Crippen LogP contribution in [0.15, 0.2) is 40.1 Å². The van der Waals surface area contributed by atoms with Crippen LogP contribution in [0.3, 0.4) is 0 Å². The van der Waals surface area contributed by atoms with Crippen LogP contribution in [0.5, 0.6) is 5.75 Å². The lowest BCUT2D eigenvalue weighted by atomic mass is 10.3. The summed E-state index contributed by atoms with van der Waals surface area (Å²) >= 11 is 5.87. The molecule has 0 amide bonds. The maximum Gasteiger partial charge on any atom is 0.459 e. The lowest BCUT2D eigenvalue weighted by Crippen LogP contribution is -2.36. The first kappa shape index (κ1) is 26.1. The smallest absolute Gasteiger partial charge is 0.459 e. The van der Waals surface area contributed by atoms with E-state index >= 15 is 0 Å². The normalized spacial score (nSPS) is 20.5. The van der Waals surface area contributed by atoms with E-state index < -0.39 is 43.5 Å². The van der Waals surface area contributed by atoms with Crippen LogP contribution in [0, 0.1) is 6.92 Å². The molecule has 2 aromatic rings. The Balaban J connectivity index is 1.70. The van der Waals surface area contributed by atoms with Gasteiger partial charge in [0.2, 0.25) is 0 Å². The zero-order valence-corrected chi connectivity index (χ0v) is 20.3. The Bertz CT molecular complexity index is 1170. The summed E-state index contributed by atoms with van der Waals surface area (Å²) in [5.41, 5.74) is -0.838. The van der Waals surface area contributed by atoms with Crippen LogP contribution < -0.4 is 20.9 Å². The molecule has 1 saturated heterocycles. The second-order valence-electron chi connectivity index (χ2n) is 7.27. The fraction of sp³-hybridized carbons (Fsp3) is 0.450. The van der Waals surface area contributed by atoms with Crippen molar-refractivity contribution in [3.05, 3.63) is 61.9 Å². The lowest BCUT2D eigenvalue weighted by Gasteiger charge is -2.23. The van der Waals surface area contributed by atoms with Crippen molar-refractivity contribution in [1.82, 2.24) is 14.6 Å². The average molecular weight is 518 g/mol. The Labute approximate surface area is 199 Å². The van der Waals surface area contributed by atoms with Gasteiger partial charge in [-0.1, -0.05) is 11.6 Å². The maximum atomic E-state index is 13.4. The predicted molar refractivity (Wildman–Crippen MR) is 121 cm³/mol. The summed E-state index contributed by atoms with van der Waals surface area (Å²) < 4.78 is 41.7. The van der Waals surface area contributed by atoms with Gasteiger partial charge in [-0.05, 0) is 45.0 Å². The van der Waals surface area contributed by atoms with Gasteiger partial charge in [-0.3, -0.25) is 23.7 Å². The summed E-state index contributed by atoms with van der Waals surface area (Å²) in [6, 6.07) is 5.03. The molecule has 1 fully saturated rings. The number of benzene rings is 1. The Morgan fingerprint density at radius 2 is 2.06 bits per heavy atom. The SMILES string of the molecule is CCOC(=O)[C@H](C)NP(=O)(OC[C@@H]1OC[C@H](n2cc(C)c(=O)[nH]c2=O)O1)Oc1ccc(Cl)cc1. The number of aromatic nitrogens is 2. The van der Waals surface area contributed by atoms with Crippen LogP contribution in [0.1, 0.15) is 25.6 Å². The molecule has 1 aromatic heterocycles. The first-order chi connectivity index (χ1) is 16.1. The minimum atomic E-state index is -4.13. The lowest BCUT2D eigenvalue weighted by molar-refractivity contribution is -0.144. The van der Waals surface area contributed by atoms with E-state index in [4.69, 9.17) is 34.9 Å². The molecule has 0 saturated carbocycles. The summed E-state index contributed by atoms with van der Waals surface area (Å²) in [4.78, 5) is 37.9. The van der Waals surface area contributed by atoms with E-state index in [2.05, 4.69) is 10.1 Å². The summed E-state index contributed by atoms with van der Waals surface area (Å²) in [7, 11) is -4.13. The average Bonchev–Trinajstić information content (AvgIpc) is 3.25. The molecule has 3 rings (SSSR count). The molecule has 1 aromatic carbocycles. The molecule has 0 bridgehead atoms. The van der Waals surface area contributed by atoms with Gasteiger partial charge in [0.05, 0.1) is 13.2 Å². The molecule has 0 aliphatic carbocycles. The molecular formula is C20H25ClN3O9P. The Morgan fingerprint density at radius 1 is 1.35 bits per heavy atom. The number of nitrogens with one attached hydrogen (secondary N) is 2. The molecule has 4 atom stereocenters. The minimum Gasteiger partial charge on any atom is -0.465 e. The Morgan fingerprint density at radius 3 is 2.74 bits per heavy atom. The highest BCUT2D eigenvalue weighted by molar-refractivity contribution is 7.52. The van der Waals surface area contributed by atoms with E-state index in [1.807, 2.05) is 0 Å². The van der Waals surface area contributed by atoms with Crippen molar-refractivity contribution < 1.29 is 32.6 Å². The molecule has 1 unspecified atom stereocenters. The number of aromatic amines is 1. The van der Waals surface area contributed by atoms with Crippen LogP contribution in [0.2, 0.25) is 5.02 Å². The largest absolute Gasteiger partial charge is 0.465 e. The topological polar surface area (TPSA) is 147 Å². The van der Waals surface area contributed by atoms with Gasteiger partial charge in [-0.25, -0.2) is 9.36 Å². The summed E-state index contributed by atoms with van der Waals surface area (Å²) in [5.74, 6) is -0.468. The van der Waals surface area contributed by atoms with E-state index in [9.17, 15) is 18.9 Å². The second kappa shape index (κ2) is 11.3. The number of carbonyl (C=O) groups is 1. The molecule has 0 spiro atoms. The summed E-state index contributed by atoms with van der Waals surface area (Å²) in [5, 5.41) is 2.97. The highest BCUT2D eigenvalue weighted by Crippen LogP contribution is 2.45. The fourth-order valence-electron chi connectivity index (χ4n) is 2.92. The Hall–Kier alpha value is -2.47. The molecule has 12 nitrogen and oxygen atoms in total. The number of aryl methyl sites for hydroxylation is 1.